The van der Waals surface area contributed by atoms with Crippen molar-refractivity contribution in [2.24, 2.45) is 5.41 Å². The maximum atomic E-state index is 13.6. The van der Waals surface area contributed by atoms with Crippen LogP contribution in [0.15, 0.2) is 48.5 Å². The van der Waals surface area contributed by atoms with E-state index in [0.29, 0.717) is 48.2 Å². The van der Waals surface area contributed by atoms with Crippen molar-refractivity contribution in [2.45, 2.75) is 52.6 Å². The zero-order valence-corrected chi connectivity index (χ0v) is 22.7. The first-order valence-corrected chi connectivity index (χ1v) is 12.8. The third-order valence-corrected chi connectivity index (χ3v) is 6.72. The number of rotatable bonds is 6. The predicted octanol–water partition coefficient (Wildman–Crippen LogP) is 5.22. The van der Waals surface area contributed by atoms with Crippen LogP contribution < -0.4 is 10.6 Å². The number of nitrogens with zero attached hydrogens (tertiary/aromatic N) is 2. The van der Waals surface area contributed by atoms with Gasteiger partial charge in [0.2, 0.25) is 11.8 Å². The fourth-order valence-corrected chi connectivity index (χ4v) is 4.52. The summed E-state index contributed by atoms with van der Waals surface area (Å²) in [7, 11) is 0. The summed E-state index contributed by atoms with van der Waals surface area (Å²) in [6, 6.07) is 13.4. The molecule has 0 aromatic heterocycles. The number of anilines is 1. The van der Waals surface area contributed by atoms with Gasteiger partial charge in [-0.25, -0.2) is 4.79 Å². The molecule has 1 aliphatic heterocycles. The Labute approximate surface area is 223 Å². The second kappa shape index (κ2) is 12.0. The van der Waals surface area contributed by atoms with Crippen LogP contribution in [0, 0.1) is 5.41 Å². The van der Waals surface area contributed by atoms with Gasteiger partial charge in [0.25, 0.3) is 0 Å². The van der Waals surface area contributed by atoms with E-state index in [4.69, 9.17) is 23.2 Å². The molecule has 2 aromatic carbocycles. The number of hydrogen-bond acceptors (Lipinski definition) is 3. The lowest BCUT2D eigenvalue weighted by Gasteiger charge is -2.41. The van der Waals surface area contributed by atoms with Crippen LogP contribution in [-0.2, 0) is 16.0 Å². The summed E-state index contributed by atoms with van der Waals surface area (Å²) in [4.78, 5) is 42.6. The van der Waals surface area contributed by atoms with Gasteiger partial charge in [-0.1, -0.05) is 74.3 Å². The molecule has 1 fully saturated rings. The number of carbonyl (C=O) groups excluding carboxylic acids is 3. The van der Waals surface area contributed by atoms with Crippen LogP contribution in [0.5, 0.6) is 0 Å². The van der Waals surface area contributed by atoms with E-state index in [1.54, 1.807) is 28.0 Å². The molecule has 2 N–H and O–H groups in total. The van der Waals surface area contributed by atoms with Gasteiger partial charge >= 0.3 is 6.03 Å². The van der Waals surface area contributed by atoms with Gasteiger partial charge in [0.1, 0.15) is 6.04 Å². The van der Waals surface area contributed by atoms with Crippen LogP contribution in [-0.4, -0.2) is 59.4 Å². The van der Waals surface area contributed by atoms with E-state index >= 15 is 0 Å². The highest BCUT2D eigenvalue weighted by Gasteiger charge is 2.34. The van der Waals surface area contributed by atoms with Crippen molar-refractivity contribution in [3.63, 3.8) is 0 Å². The zero-order chi connectivity index (χ0) is 26.5. The molecular formula is C27H34Cl2N4O3. The van der Waals surface area contributed by atoms with Gasteiger partial charge in [-0.3, -0.25) is 9.59 Å². The van der Waals surface area contributed by atoms with Gasteiger partial charge in [-0.15, -0.1) is 0 Å². The van der Waals surface area contributed by atoms with Crippen LogP contribution in [0.3, 0.4) is 0 Å². The van der Waals surface area contributed by atoms with E-state index in [1.807, 2.05) is 58.0 Å². The van der Waals surface area contributed by atoms with Crippen molar-refractivity contribution in [2.75, 3.05) is 25.0 Å². The molecule has 1 aliphatic rings. The number of hydrogen-bond donors (Lipinski definition) is 2. The van der Waals surface area contributed by atoms with Crippen molar-refractivity contribution in [1.82, 2.24) is 15.1 Å². The van der Waals surface area contributed by atoms with Gasteiger partial charge in [-0.05, 0) is 36.1 Å². The van der Waals surface area contributed by atoms with Crippen LogP contribution >= 0.6 is 23.2 Å². The molecule has 0 radical (unpaired) electrons. The maximum Gasteiger partial charge on any atom is 0.322 e. The Balaban J connectivity index is 1.66. The highest BCUT2D eigenvalue weighted by atomic mass is 35.5. The standard InChI is InChI=1S/C27H34Cl2N4O3/c1-18-17-32(12-13-33(18)26(36)30-20-10-11-21(28)22(29)15-20)25(35)23(14-19-8-6-5-7-9-19)31-24(34)16-27(2,3)4/h5-11,15,18,23H,12-14,16-17H2,1-4H3,(H,30,36)(H,31,34). The molecule has 1 saturated heterocycles. The van der Waals surface area contributed by atoms with Gasteiger partial charge in [0.05, 0.1) is 10.0 Å². The molecule has 2 atom stereocenters. The third kappa shape index (κ3) is 7.87. The molecule has 0 spiro atoms. The Bertz CT molecular complexity index is 1090. The third-order valence-electron chi connectivity index (χ3n) is 5.98. The van der Waals surface area contributed by atoms with E-state index in [2.05, 4.69) is 10.6 Å². The summed E-state index contributed by atoms with van der Waals surface area (Å²) in [6.45, 7) is 8.98. The largest absolute Gasteiger partial charge is 0.344 e. The molecule has 7 nitrogen and oxygen atoms in total. The lowest BCUT2D eigenvalue weighted by Crippen LogP contribution is -2.60. The first-order chi connectivity index (χ1) is 16.9. The average Bonchev–Trinajstić information content (AvgIpc) is 2.80. The van der Waals surface area contributed by atoms with Crippen LogP contribution in [0.1, 0.15) is 39.7 Å². The van der Waals surface area contributed by atoms with E-state index in [-0.39, 0.29) is 29.3 Å². The normalized spacial score (nSPS) is 16.9. The topological polar surface area (TPSA) is 81.8 Å². The summed E-state index contributed by atoms with van der Waals surface area (Å²) in [5.41, 5.74) is 1.33. The molecule has 0 aliphatic carbocycles. The lowest BCUT2D eigenvalue weighted by molar-refractivity contribution is -0.138. The number of halogens is 2. The lowest BCUT2D eigenvalue weighted by atomic mass is 9.91. The average molecular weight is 534 g/mol. The van der Waals surface area contributed by atoms with Crippen LogP contribution in [0.2, 0.25) is 10.0 Å². The molecule has 1 heterocycles. The Morgan fingerprint density at radius 3 is 2.33 bits per heavy atom. The van der Waals surface area contributed by atoms with E-state index < -0.39 is 6.04 Å². The Morgan fingerprint density at radius 1 is 1.03 bits per heavy atom. The van der Waals surface area contributed by atoms with E-state index in [0.717, 1.165) is 5.56 Å². The monoisotopic (exact) mass is 532 g/mol. The van der Waals surface area contributed by atoms with Crippen LogP contribution in [0.4, 0.5) is 10.5 Å². The molecule has 36 heavy (non-hydrogen) atoms. The minimum Gasteiger partial charge on any atom is -0.344 e. The van der Waals surface area contributed by atoms with Crippen molar-refractivity contribution < 1.29 is 14.4 Å². The number of urea groups is 1. The molecule has 2 aromatic rings. The maximum absolute atomic E-state index is 13.6. The molecular weight excluding hydrogens is 499 g/mol. The number of piperazine rings is 1. The highest BCUT2D eigenvalue weighted by molar-refractivity contribution is 6.42. The second-order valence-corrected chi connectivity index (χ2v) is 11.2. The number of nitrogens with one attached hydrogen (secondary N) is 2. The Hall–Kier alpha value is -2.77. The summed E-state index contributed by atoms with van der Waals surface area (Å²) in [6.07, 6.45) is 0.729. The zero-order valence-electron chi connectivity index (χ0n) is 21.2. The quantitative estimate of drug-likeness (QED) is 0.534. The van der Waals surface area contributed by atoms with Gasteiger partial charge in [-0.2, -0.15) is 0 Å². The first kappa shape index (κ1) is 27.8. The van der Waals surface area contributed by atoms with E-state index in [9.17, 15) is 14.4 Å². The van der Waals surface area contributed by atoms with Gasteiger partial charge < -0.3 is 20.4 Å². The Morgan fingerprint density at radius 2 is 1.72 bits per heavy atom. The number of amides is 4. The van der Waals surface area contributed by atoms with Gasteiger partial charge in [0, 0.05) is 44.2 Å². The van der Waals surface area contributed by atoms with E-state index in [1.165, 1.54) is 0 Å². The van der Waals surface area contributed by atoms with Crippen molar-refractivity contribution >= 4 is 46.7 Å². The second-order valence-electron chi connectivity index (χ2n) is 10.4. The number of benzene rings is 2. The van der Waals surface area contributed by atoms with Gasteiger partial charge in [0.15, 0.2) is 0 Å². The summed E-state index contributed by atoms with van der Waals surface area (Å²) in [5.74, 6) is -0.290. The minimum absolute atomic E-state index is 0.141. The fraction of sp³-hybridized carbons (Fsp3) is 0.444. The molecule has 0 bridgehead atoms. The highest BCUT2D eigenvalue weighted by Crippen LogP contribution is 2.25. The molecule has 3 rings (SSSR count). The van der Waals surface area contributed by atoms with Crippen molar-refractivity contribution in [3.8, 4) is 0 Å². The molecule has 0 saturated carbocycles. The smallest absolute Gasteiger partial charge is 0.322 e. The van der Waals surface area contributed by atoms with Crippen molar-refractivity contribution in [3.05, 3.63) is 64.1 Å². The summed E-state index contributed by atoms with van der Waals surface area (Å²) >= 11 is 12.0. The fourth-order valence-electron chi connectivity index (χ4n) is 4.23. The molecule has 9 heteroatoms. The number of carbonyl (C=O) groups is 3. The first-order valence-electron chi connectivity index (χ1n) is 12.1. The minimum atomic E-state index is -0.675. The molecule has 4 amide bonds. The Kier molecular flexibility index (Phi) is 9.25. The SMILES string of the molecule is CC1CN(C(=O)C(Cc2ccccc2)NC(=O)CC(C)(C)C)CCN1C(=O)Nc1ccc(Cl)c(Cl)c1. The predicted molar refractivity (Wildman–Crippen MR) is 144 cm³/mol. The summed E-state index contributed by atoms with van der Waals surface area (Å²) in [5, 5.41) is 6.57. The molecule has 194 valence electrons. The summed E-state index contributed by atoms with van der Waals surface area (Å²) < 4.78 is 0. The van der Waals surface area contributed by atoms with Crippen molar-refractivity contribution in [1.29, 1.82) is 0 Å². The molecule has 2 unspecified atom stereocenters. The van der Waals surface area contributed by atoms with Crippen LogP contribution in [0.25, 0.3) is 0 Å².